The Labute approximate surface area is 123 Å². The van der Waals surface area contributed by atoms with Gasteiger partial charge in [0.1, 0.15) is 5.82 Å². The summed E-state index contributed by atoms with van der Waals surface area (Å²) in [5, 5.41) is 0. The molecule has 0 aromatic carbocycles. The van der Waals surface area contributed by atoms with Crippen LogP contribution >= 0.6 is 0 Å². The van der Waals surface area contributed by atoms with E-state index in [9.17, 15) is 4.39 Å². The number of hydrogen-bond donors (Lipinski definition) is 1. The predicted molar refractivity (Wildman–Crippen MR) is 79.4 cm³/mol. The van der Waals surface area contributed by atoms with Gasteiger partial charge in [-0.25, -0.2) is 14.4 Å². The normalized spacial score (nSPS) is 18.2. The van der Waals surface area contributed by atoms with Gasteiger partial charge in [0, 0.05) is 25.3 Å². The molecule has 3 rings (SSSR count). The lowest BCUT2D eigenvalue weighted by molar-refractivity contribution is 0.621. The van der Waals surface area contributed by atoms with Crippen molar-refractivity contribution < 1.29 is 4.39 Å². The van der Waals surface area contributed by atoms with E-state index in [1.54, 1.807) is 12.3 Å². The maximum absolute atomic E-state index is 13.0. The molecule has 6 heteroatoms. The van der Waals surface area contributed by atoms with Crippen LogP contribution in [0.1, 0.15) is 18.4 Å². The third kappa shape index (κ3) is 2.71. The highest BCUT2D eigenvalue weighted by atomic mass is 19.1. The van der Waals surface area contributed by atoms with Crippen molar-refractivity contribution in [2.24, 2.45) is 5.73 Å². The van der Waals surface area contributed by atoms with E-state index in [2.05, 4.69) is 19.9 Å². The number of pyridine rings is 1. The molecule has 110 valence electrons. The van der Waals surface area contributed by atoms with Crippen molar-refractivity contribution >= 4 is 5.95 Å². The maximum atomic E-state index is 13.0. The molecule has 1 fully saturated rings. The maximum Gasteiger partial charge on any atom is 0.226 e. The van der Waals surface area contributed by atoms with Crippen LogP contribution in [0.3, 0.4) is 0 Å². The fourth-order valence-electron chi connectivity index (χ4n) is 2.69. The Morgan fingerprint density at radius 3 is 2.90 bits per heavy atom. The van der Waals surface area contributed by atoms with Crippen molar-refractivity contribution in [2.75, 3.05) is 18.0 Å². The van der Waals surface area contributed by atoms with Crippen LogP contribution < -0.4 is 10.6 Å². The summed E-state index contributed by atoms with van der Waals surface area (Å²) in [7, 11) is 0. The topological polar surface area (TPSA) is 67.9 Å². The van der Waals surface area contributed by atoms with Gasteiger partial charge in [-0.3, -0.25) is 4.98 Å². The van der Waals surface area contributed by atoms with Gasteiger partial charge in [0.05, 0.1) is 17.6 Å². The lowest BCUT2D eigenvalue weighted by atomic mass is 10.2. The summed E-state index contributed by atoms with van der Waals surface area (Å²) in [6.45, 7) is 3.44. The van der Waals surface area contributed by atoms with Crippen molar-refractivity contribution in [3.05, 3.63) is 35.9 Å². The van der Waals surface area contributed by atoms with Gasteiger partial charge in [-0.1, -0.05) is 0 Å². The quantitative estimate of drug-likeness (QED) is 0.934. The van der Waals surface area contributed by atoms with Crippen LogP contribution in [0, 0.1) is 12.7 Å². The average molecular weight is 287 g/mol. The van der Waals surface area contributed by atoms with Crippen molar-refractivity contribution in [3.63, 3.8) is 0 Å². The molecule has 0 aliphatic carbocycles. The summed E-state index contributed by atoms with van der Waals surface area (Å²) in [4.78, 5) is 15.3. The van der Waals surface area contributed by atoms with Crippen molar-refractivity contribution in [2.45, 2.75) is 25.8 Å². The monoisotopic (exact) mass is 287 g/mol. The largest absolute Gasteiger partial charge is 0.337 e. The third-order valence-corrected chi connectivity index (χ3v) is 3.84. The standard InChI is InChI=1S/C15H18FN5/c1-10-8-19-15(21-6-2-3-12(21)7-17)20-14(10)13-5-4-11(16)9-18-13/h4-5,8-9,12H,2-3,6-7,17H2,1H3. The molecule has 0 amide bonds. The molecular formula is C15H18FN5. The molecular weight excluding hydrogens is 269 g/mol. The van der Waals surface area contributed by atoms with E-state index in [1.165, 1.54) is 12.3 Å². The lowest BCUT2D eigenvalue weighted by Gasteiger charge is -2.23. The van der Waals surface area contributed by atoms with Gasteiger partial charge in [0.2, 0.25) is 5.95 Å². The van der Waals surface area contributed by atoms with E-state index in [-0.39, 0.29) is 5.82 Å². The zero-order valence-electron chi connectivity index (χ0n) is 12.0. The van der Waals surface area contributed by atoms with Gasteiger partial charge in [-0.15, -0.1) is 0 Å². The summed E-state index contributed by atoms with van der Waals surface area (Å²) in [6, 6.07) is 3.32. The Morgan fingerprint density at radius 1 is 1.33 bits per heavy atom. The molecule has 0 radical (unpaired) electrons. The minimum absolute atomic E-state index is 0.293. The van der Waals surface area contributed by atoms with Crippen LogP contribution in [0.15, 0.2) is 24.5 Å². The first-order valence-corrected chi connectivity index (χ1v) is 7.11. The minimum atomic E-state index is -0.353. The predicted octanol–water partition coefficient (Wildman–Crippen LogP) is 1.91. The molecule has 1 unspecified atom stereocenters. The first-order valence-electron chi connectivity index (χ1n) is 7.11. The number of hydrogen-bond acceptors (Lipinski definition) is 5. The number of halogens is 1. The van der Waals surface area contributed by atoms with Crippen LogP contribution in [0.4, 0.5) is 10.3 Å². The molecule has 0 spiro atoms. The highest BCUT2D eigenvalue weighted by Crippen LogP contribution is 2.25. The van der Waals surface area contributed by atoms with Gasteiger partial charge < -0.3 is 10.6 Å². The Kier molecular flexibility index (Phi) is 3.79. The van der Waals surface area contributed by atoms with Crippen molar-refractivity contribution in [3.8, 4) is 11.4 Å². The first-order chi connectivity index (χ1) is 10.2. The Bertz CT molecular complexity index is 628. The van der Waals surface area contributed by atoms with Crippen LogP contribution in [-0.4, -0.2) is 34.1 Å². The second-order valence-corrected chi connectivity index (χ2v) is 5.29. The molecule has 2 N–H and O–H groups in total. The van der Waals surface area contributed by atoms with Crippen LogP contribution in [0.2, 0.25) is 0 Å². The lowest BCUT2D eigenvalue weighted by Crippen LogP contribution is -2.36. The Hall–Kier alpha value is -2.08. The van der Waals surface area contributed by atoms with E-state index < -0.39 is 0 Å². The highest BCUT2D eigenvalue weighted by molar-refractivity contribution is 5.59. The second kappa shape index (κ2) is 5.73. The van der Waals surface area contributed by atoms with Gasteiger partial charge in [0.25, 0.3) is 0 Å². The van der Waals surface area contributed by atoms with Gasteiger partial charge >= 0.3 is 0 Å². The van der Waals surface area contributed by atoms with E-state index in [0.717, 1.165) is 30.6 Å². The van der Waals surface area contributed by atoms with E-state index in [1.807, 2.05) is 6.92 Å². The second-order valence-electron chi connectivity index (χ2n) is 5.29. The average Bonchev–Trinajstić information content (AvgIpc) is 2.97. The summed E-state index contributed by atoms with van der Waals surface area (Å²) < 4.78 is 13.0. The zero-order valence-corrected chi connectivity index (χ0v) is 12.0. The third-order valence-electron chi connectivity index (χ3n) is 3.84. The Morgan fingerprint density at radius 2 is 2.19 bits per heavy atom. The molecule has 1 aliphatic heterocycles. The molecule has 1 saturated heterocycles. The smallest absolute Gasteiger partial charge is 0.226 e. The number of nitrogens with zero attached hydrogens (tertiary/aromatic N) is 4. The summed E-state index contributed by atoms with van der Waals surface area (Å²) in [5.74, 6) is 0.322. The summed E-state index contributed by atoms with van der Waals surface area (Å²) in [5.41, 5.74) is 8.12. The molecule has 1 aliphatic rings. The van der Waals surface area contributed by atoms with Crippen LogP contribution in [0.5, 0.6) is 0 Å². The number of nitrogens with two attached hydrogens (primary N) is 1. The molecule has 21 heavy (non-hydrogen) atoms. The number of aryl methyl sites for hydroxylation is 1. The molecule has 3 heterocycles. The summed E-state index contributed by atoms with van der Waals surface area (Å²) in [6.07, 6.45) is 5.16. The first kappa shape index (κ1) is 13.9. The van der Waals surface area contributed by atoms with Crippen LogP contribution in [-0.2, 0) is 0 Å². The zero-order chi connectivity index (χ0) is 14.8. The van der Waals surface area contributed by atoms with E-state index >= 15 is 0 Å². The molecule has 1 atom stereocenters. The number of rotatable bonds is 3. The molecule has 2 aromatic heterocycles. The van der Waals surface area contributed by atoms with Gasteiger partial charge in [-0.2, -0.15) is 0 Å². The van der Waals surface area contributed by atoms with Crippen molar-refractivity contribution in [1.29, 1.82) is 0 Å². The van der Waals surface area contributed by atoms with Gasteiger partial charge in [0.15, 0.2) is 0 Å². The number of aromatic nitrogens is 3. The van der Waals surface area contributed by atoms with Crippen molar-refractivity contribution in [1.82, 2.24) is 15.0 Å². The van der Waals surface area contributed by atoms with Gasteiger partial charge in [-0.05, 0) is 37.5 Å². The number of anilines is 1. The van der Waals surface area contributed by atoms with E-state index in [4.69, 9.17) is 5.73 Å². The molecule has 5 nitrogen and oxygen atoms in total. The highest BCUT2D eigenvalue weighted by Gasteiger charge is 2.26. The van der Waals surface area contributed by atoms with E-state index in [0.29, 0.717) is 24.2 Å². The molecule has 0 saturated carbocycles. The summed E-state index contributed by atoms with van der Waals surface area (Å²) >= 11 is 0. The fraction of sp³-hybridized carbons (Fsp3) is 0.400. The fourth-order valence-corrected chi connectivity index (χ4v) is 2.69. The van der Waals surface area contributed by atoms with Crippen LogP contribution in [0.25, 0.3) is 11.4 Å². The molecule has 2 aromatic rings. The SMILES string of the molecule is Cc1cnc(N2CCCC2CN)nc1-c1ccc(F)cn1. The minimum Gasteiger partial charge on any atom is -0.337 e. The molecule has 0 bridgehead atoms. The Balaban J connectivity index is 1.98.